The van der Waals surface area contributed by atoms with Gasteiger partial charge >= 0.3 is 5.97 Å². The molecule has 16 heavy (non-hydrogen) atoms. The first-order chi connectivity index (χ1) is 7.47. The van der Waals surface area contributed by atoms with Crippen molar-refractivity contribution in [3.63, 3.8) is 0 Å². The van der Waals surface area contributed by atoms with Crippen molar-refractivity contribution in [2.24, 2.45) is 0 Å². The van der Waals surface area contributed by atoms with Gasteiger partial charge in [0.2, 0.25) is 0 Å². The Hall–Kier alpha value is -0.610. The predicted octanol–water partition coefficient (Wildman–Crippen LogP) is 3.81. The van der Waals surface area contributed by atoms with Gasteiger partial charge in [-0.2, -0.15) is 0 Å². The summed E-state index contributed by atoms with van der Waals surface area (Å²) in [7, 11) is 3.35. The van der Waals surface area contributed by atoms with Crippen LogP contribution >= 0.6 is 21.6 Å². The second-order valence-electron chi connectivity index (χ2n) is 4.20. The second kappa shape index (κ2) is 5.64. The van der Waals surface area contributed by atoms with Crippen LogP contribution in [0.2, 0.25) is 0 Å². The Labute approximate surface area is 104 Å². The molecule has 1 aromatic rings. The van der Waals surface area contributed by atoms with Crippen LogP contribution in [0.4, 0.5) is 0 Å². The lowest BCUT2D eigenvalue weighted by molar-refractivity contribution is -0.138. The average Bonchev–Trinajstić information content (AvgIpc) is 2.17. The van der Waals surface area contributed by atoms with Crippen LogP contribution in [0.3, 0.4) is 0 Å². The Kier molecular flexibility index (Phi) is 4.74. The summed E-state index contributed by atoms with van der Waals surface area (Å²) >= 11 is 0. The van der Waals surface area contributed by atoms with Crippen molar-refractivity contribution in [2.45, 2.75) is 30.6 Å². The van der Waals surface area contributed by atoms with Crippen LogP contribution in [0.25, 0.3) is 0 Å². The maximum atomic E-state index is 10.8. The predicted molar refractivity (Wildman–Crippen MR) is 71.1 cm³/mol. The molecule has 0 spiro atoms. The van der Waals surface area contributed by atoms with Crippen molar-refractivity contribution >= 4 is 27.6 Å². The molecular weight excluding hydrogens is 240 g/mol. The smallest absolute Gasteiger partial charge is 0.304 e. The van der Waals surface area contributed by atoms with E-state index in [1.165, 1.54) is 0 Å². The quantitative estimate of drug-likeness (QED) is 0.813. The number of carboxylic acid groups (broad SMARTS) is 1. The van der Waals surface area contributed by atoms with Crippen LogP contribution in [0.15, 0.2) is 29.2 Å². The number of rotatable bonds is 5. The Morgan fingerprint density at radius 3 is 2.56 bits per heavy atom. The van der Waals surface area contributed by atoms with Crippen molar-refractivity contribution in [3.8, 4) is 0 Å². The van der Waals surface area contributed by atoms with Gasteiger partial charge in [0.15, 0.2) is 0 Å². The molecular formula is C12H16O2S2. The van der Waals surface area contributed by atoms with Gasteiger partial charge in [-0.25, -0.2) is 0 Å². The summed E-state index contributed by atoms with van der Waals surface area (Å²) in [6.07, 6.45) is 2.17. The van der Waals surface area contributed by atoms with Gasteiger partial charge in [0, 0.05) is 10.3 Å². The standard InChI is InChI=1S/C12H16O2S2/c1-12(2,8-11(13)14)9-6-4-5-7-10(9)16-15-3/h4-7H,8H2,1-3H3,(H,13,14). The van der Waals surface area contributed by atoms with E-state index in [1.54, 1.807) is 21.6 Å². The zero-order chi connectivity index (χ0) is 12.2. The van der Waals surface area contributed by atoms with E-state index in [9.17, 15) is 4.79 Å². The number of carbonyl (C=O) groups is 1. The largest absolute Gasteiger partial charge is 0.481 e. The number of aliphatic carboxylic acids is 1. The summed E-state index contributed by atoms with van der Waals surface area (Å²) in [5.41, 5.74) is 0.780. The maximum Gasteiger partial charge on any atom is 0.304 e. The molecule has 0 aliphatic rings. The first kappa shape index (κ1) is 13.5. The number of carboxylic acids is 1. The van der Waals surface area contributed by atoms with Crippen molar-refractivity contribution in [1.29, 1.82) is 0 Å². The van der Waals surface area contributed by atoms with Gasteiger partial charge in [0.1, 0.15) is 0 Å². The van der Waals surface area contributed by atoms with E-state index in [0.717, 1.165) is 10.5 Å². The van der Waals surface area contributed by atoms with Crippen molar-refractivity contribution in [2.75, 3.05) is 6.26 Å². The summed E-state index contributed by atoms with van der Waals surface area (Å²) in [6.45, 7) is 3.95. The zero-order valence-electron chi connectivity index (χ0n) is 9.69. The first-order valence-electron chi connectivity index (χ1n) is 4.99. The minimum atomic E-state index is -0.756. The molecule has 0 unspecified atom stereocenters. The SMILES string of the molecule is CSSc1ccccc1C(C)(C)CC(=O)O. The highest BCUT2D eigenvalue weighted by Gasteiger charge is 2.26. The van der Waals surface area contributed by atoms with Gasteiger partial charge in [-0.05, 0) is 17.9 Å². The molecule has 0 aromatic heterocycles. The molecule has 0 fully saturated rings. The molecule has 0 saturated carbocycles. The minimum absolute atomic E-state index is 0.152. The van der Waals surface area contributed by atoms with E-state index >= 15 is 0 Å². The average molecular weight is 256 g/mol. The lowest BCUT2D eigenvalue weighted by Gasteiger charge is -2.25. The van der Waals surface area contributed by atoms with Crippen LogP contribution in [-0.4, -0.2) is 17.3 Å². The summed E-state index contributed by atoms with van der Waals surface area (Å²) in [4.78, 5) is 12.0. The fraction of sp³-hybridized carbons (Fsp3) is 0.417. The highest BCUT2D eigenvalue weighted by Crippen LogP contribution is 2.38. The number of hydrogen-bond donors (Lipinski definition) is 1. The normalized spacial score (nSPS) is 11.4. The Balaban J connectivity index is 3.05. The van der Waals surface area contributed by atoms with E-state index in [2.05, 4.69) is 0 Å². The van der Waals surface area contributed by atoms with Crippen LogP contribution in [0, 0.1) is 0 Å². The van der Waals surface area contributed by atoms with Crippen LogP contribution in [0.1, 0.15) is 25.8 Å². The fourth-order valence-corrected chi connectivity index (χ4v) is 3.38. The Bertz CT molecular complexity index is 375. The van der Waals surface area contributed by atoms with Crippen molar-refractivity contribution in [1.82, 2.24) is 0 Å². The van der Waals surface area contributed by atoms with Crippen LogP contribution in [0.5, 0.6) is 0 Å². The maximum absolute atomic E-state index is 10.8. The fourth-order valence-electron chi connectivity index (χ4n) is 1.66. The van der Waals surface area contributed by atoms with Gasteiger partial charge in [-0.15, -0.1) is 0 Å². The number of benzene rings is 1. The minimum Gasteiger partial charge on any atom is -0.481 e. The van der Waals surface area contributed by atoms with E-state index in [1.807, 2.05) is 44.4 Å². The topological polar surface area (TPSA) is 37.3 Å². The Morgan fingerprint density at radius 2 is 2.00 bits per heavy atom. The third kappa shape index (κ3) is 3.46. The van der Waals surface area contributed by atoms with E-state index in [4.69, 9.17) is 5.11 Å². The molecule has 88 valence electrons. The second-order valence-corrected chi connectivity index (χ2v) is 6.64. The molecule has 1 rings (SSSR count). The van der Waals surface area contributed by atoms with Gasteiger partial charge in [-0.3, -0.25) is 4.79 Å². The molecule has 0 amide bonds. The third-order valence-electron chi connectivity index (χ3n) is 2.38. The molecule has 0 aliphatic heterocycles. The number of hydrogen-bond acceptors (Lipinski definition) is 3. The van der Waals surface area contributed by atoms with Crippen LogP contribution < -0.4 is 0 Å². The summed E-state index contributed by atoms with van der Waals surface area (Å²) in [6, 6.07) is 8.00. The summed E-state index contributed by atoms with van der Waals surface area (Å²) < 4.78 is 0. The molecule has 0 radical (unpaired) electrons. The van der Waals surface area contributed by atoms with E-state index < -0.39 is 5.97 Å². The van der Waals surface area contributed by atoms with Gasteiger partial charge in [-0.1, -0.05) is 53.6 Å². The highest BCUT2D eigenvalue weighted by molar-refractivity contribution is 8.76. The monoisotopic (exact) mass is 256 g/mol. The third-order valence-corrected chi connectivity index (χ3v) is 4.12. The zero-order valence-corrected chi connectivity index (χ0v) is 11.3. The van der Waals surface area contributed by atoms with Gasteiger partial charge in [0.25, 0.3) is 0 Å². The molecule has 1 N–H and O–H groups in total. The molecule has 0 atom stereocenters. The molecule has 1 aromatic carbocycles. The summed E-state index contributed by atoms with van der Waals surface area (Å²) in [5.74, 6) is -0.756. The molecule has 2 nitrogen and oxygen atoms in total. The highest BCUT2D eigenvalue weighted by atomic mass is 33.1. The first-order valence-corrected chi connectivity index (χ1v) is 7.55. The molecule has 4 heteroatoms. The molecule has 0 aliphatic carbocycles. The Morgan fingerprint density at radius 1 is 1.38 bits per heavy atom. The van der Waals surface area contributed by atoms with Crippen molar-refractivity contribution < 1.29 is 9.90 Å². The molecule has 0 heterocycles. The van der Waals surface area contributed by atoms with Gasteiger partial charge in [0.05, 0.1) is 6.42 Å². The lowest BCUT2D eigenvalue weighted by Crippen LogP contribution is -2.22. The van der Waals surface area contributed by atoms with E-state index in [-0.39, 0.29) is 11.8 Å². The lowest BCUT2D eigenvalue weighted by atomic mass is 9.81. The molecule has 0 saturated heterocycles. The van der Waals surface area contributed by atoms with E-state index in [0.29, 0.717) is 0 Å². The van der Waals surface area contributed by atoms with Crippen molar-refractivity contribution in [3.05, 3.63) is 29.8 Å². The van der Waals surface area contributed by atoms with Crippen LogP contribution in [-0.2, 0) is 10.2 Å². The van der Waals surface area contributed by atoms with Gasteiger partial charge < -0.3 is 5.11 Å². The molecule has 0 bridgehead atoms. The summed E-state index contributed by atoms with van der Waals surface area (Å²) in [5, 5.41) is 8.92.